The summed E-state index contributed by atoms with van der Waals surface area (Å²) in [6.07, 6.45) is 9.30. The van der Waals surface area contributed by atoms with Gasteiger partial charge in [-0.05, 0) is 74.4 Å². The molecule has 1 saturated carbocycles. The fraction of sp³-hybridized carbons (Fsp3) is 0.435. The second kappa shape index (κ2) is 8.52. The predicted molar refractivity (Wildman–Crippen MR) is 118 cm³/mol. The van der Waals surface area contributed by atoms with Crippen LogP contribution in [0.15, 0.2) is 34.7 Å². The van der Waals surface area contributed by atoms with E-state index in [1.54, 1.807) is 23.5 Å². The number of hydrogen-bond donors (Lipinski definition) is 0. The molecule has 0 N–H and O–H groups in total. The summed E-state index contributed by atoms with van der Waals surface area (Å²) in [6, 6.07) is 9.70. The Morgan fingerprint density at radius 1 is 1.10 bits per heavy atom. The van der Waals surface area contributed by atoms with Crippen LogP contribution >= 0.6 is 22.9 Å². The Balaban J connectivity index is 1.34. The molecule has 2 heterocycles. The van der Waals surface area contributed by atoms with Gasteiger partial charge in [0.15, 0.2) is 0 Å². The minimum atomic E-state index is 0.0977. The van der Waals surface area contributed by atoms with Gasteiger partial charge in [-0.3, -0.25) is 4.79 Å². The number of amides is 1. The number of halogens is 1. The molecule has 7 heteroatoms. The number of benzene rings is 1. The highest BCUT2D eigenvalue weighted by Gasteiger charge is 2.35. The van der Waals surface area contributed by atoms with E-state index < -0.39 is 0 Å². The van der Waals surface area contributed by atoms with Crippen molar-refractivity contribution < 1.29 is 9.21 Å². The molecule has 0 bridgehead atoms. The maximum atomic E-state index is 13.4. The molecule has 3 aromatic rings. The minimum Gasteiger partial charge on any atom is -0.419 e. The first-order valence-electron chi connectivity index (χ1n) is 10.7. The molecule has 1 fully saturated rings. The SMILES string of the molecule is O=C(c1cc2c(s1)CCCCCC2)N(Cc1nnc(-c2ccc(Cl)cc2)o1)C1CC1. The van der Waals surface area contributed by atoms with Crippen LogP contribution in [0.4, 0.5) is 0 Å². The Morgan fingerprint density at radius 3 is 2.63 bits per heavy atom. The molecule has 30 heavy (non-hydrogen) atoms. The second-order valence-corrected chi connectivity index (χ2v) is 9.72. The van der Waals surface area contributed by atoms with Crippen LogP contribution in [-0.4, -0.2) is 27.0 Å². The molecule has 0 radical (unpaired) electrons. The summed E-state index contributed by atoms with van der Waals surface area (Å²) in [4.78, 5) is 17.5. The van der Waals surface area contributed by atoms with Gasteiger partial charge >= 0.3 is 0 Å². The molecular weight excluding hydrogens is 418 g/mol. The lowest BCUT2D eigenvalue weighted by molar-refractivity contribution is 0.0719. The minimum absolute atomic E-state index is 0.0977. The van der Waals surface area contributed by atoms with Gasteiger partial charge in [-0.15, -0.1) is 21.5 Å². The summed E-state index contributed by atoms with van der Waals surface area (Å²) in [5, 5.41) is 9.01. The van der Waals surface area contributed by atoms with E-state index >= 15 is 0 Å². The first-order chi connectivity index (χ1) is 14.7. The van der Waals surface area contributed by atoms with Gasteiger partial charge in [0.05, 0.1) is 11.4 Å². The number of fused-ring (bicyclic) bond motifs is 1. The number of rotatable bonds is 5. The van der Waals surface area contributed by atoms with Gasteiger partial charge in [0.1, 0.15) is 0 Å². The van der Waals surface area contributed by atoms with Crippen LogP contribution in [-0.2, 0) is 19.4 Å². The van der Waals surface area contributed by atoms with E-state index in [0.29, 0.717) is 23.3 Å². The first kappa shape index (κ1) is 19.8. The van der Waals surface area contributed by atoms with Gasteiger partial charge < -0.3 is 9.32 Å². The third-order valence-corrected chi connectivity index (χ3v) is 7.30. The first-order valence-corrected chi connectivity index (χ1v) is 11.9. The fourth-order valence-corrected chi connectivity index (χ4v) is 5.35. The van der Waals surface area contributed by atoms with Gasteiger partial charge in [-0.1, -0.05) is 24.4 Å². The number of aryl methyl sites for hydroxylation is 2. The lowest BCUT2D eigenvalue weighted by Gasteiger charge is -2.19. The molecule has 156 valence electrons. The van der Waals surface area contributed by atoms with Crippen molar-refractivity contribution in [1.82, 2.24) is 15.1 Å². The predicted octanol–water partition coefficient (Wildman–Crippen LogP) is 5.92. The summed E-state index contributed by atoms with van der Waals surface area (Å²) in [5.41, 5.74) is 2.20. The van der Waals surface area contributed by atoms with Gasteiger partial charge in [0.2, 0.25) is 11.8 Å². The average Bonchev–Trinajstić information content (AvgIpc) is 3.34. The molecular formula is C23H24ClN3O2S. The molecule has 0 spiro atoms. The number of carbonyl (C=O) groups is 1. The molecule has 2 aliphatic carbocycles. The summed E-state index contributed by atoms with van der Waals surface area (Å²) in [5.74, 6) is 1.01. The highest BCUT2D eigenvalue weighted by molar-refractivity contribution is 7.14. The van der Waals surface area contributed by atoms with Crippen LogP contribution < -0.4 is 0 Å². The van der Waals surface area contributed by atoms with Crippen LogP contribution in [0.2, 0.25) is 5.02 Å². The zero-order chi connectivity index (χ0) is 20.5. The van der Waals surface area contributed by atoms with Crippen molar-refractivity contribution in [3.8, 4) is 11.5 Å². The molecule has 0 aliphatic heterocycles. The molecule has 0 unspecified atom stereocenters. The van der Waals surface area contributed by atoms with E-state index in [-0.39, 0.29) is 11.9 Å². The van der Waals surface area contributed by atoms with Gasteiger partial charge in [0, 0.05) is 21.5 Å². The summed E-state index contributed by atoms with van der Waals surface area (Å²) < 4.78 is 5.86. The number of nitrogens with zero attached hydrogens (tertiary/aromatic N) is 3. The van der Waals surface area contributed by atoms with Crippen molar-refractivity contribution in [3.63, 3.8) is 0 Å². The Hall–Kier alpha value is -2.18. The van der Waals surface area contributed by atoms with Crippen molar-refractivity contribution in [2.75, 3.05) is 0 Å². The molecule has 2 aliphatic rings. The average molecular weight is 442 g/mol. The maximum absolute atomic E-state index is 13.4. The summed E-state index contributed by atoms with van der Waals surface area (Å²) >= 11 is 7.64. The smallest absolute Gasteiger partial charge is 0.264 e. The van der Waals surface area contributed by atoms with E-state index in [9.17, 15) is 4.79 Å². The van der Waals surface area contributed by atoms with E-state index in [2.05, 4.69) is 16.3 Å². The lowest BCUT2D eigenvalue weighted by atomic mass is 10.00. The van der Waals surface area contributed by atoms with Crippen LogP contribution in [0.1, 0.15) is 64.5 Å². The van der Waals surface area contributed by atoms with Crippen LogP contribution in [0.25, 0.3) is 11.5 Å². The Bertz CT molecular complexity index is 1010. The van der Waals surface area contributed by atoms with Crippen molar-refractivity contribution in [1.29, 1.82) is 0 Å². The highest BCUT2D eigenvalue weighted by Crippen LogP contribution is 2.34. The largest absolute Gasteiger partial charge is 0.419 e. The Labute approximate surface area is 185 Å². The molecule has 2 aromatic heterocycles. The van der Waals surface area contributed by atoms with Crippen LogP contribution in [0, 0.1) is 0 Å². The van der Waals surface area contributed by atoms with Gasteiger partial charge in [-0.2, -0.15) is 0 Å². The monoisotopic (exact) mass is 441 g/mol. The van der Waals surface area contributed by atoms with E-state index in [4.69, 9.17) is 16.0 Å². The summed E-state index contributed by atoms with van der Waals surface area (Å²) in [7, 11) is 0. The molecule has 5 nitrogen and oxygen atoms in total. The van der Waals surface area contributed by atoms with Gasteiger partial charge in [-0.25, -0.2) is 0 Å². The topological polar surface area (TPSA) is 59.2 Å². The van der Waals surface area contributed by atoms with Crippen molar-refractivity contribution >= 4 is 28.8 Å². The van der Waals surface area contributed by atoms with Crippen LogP contribution in [0.3, 0.4) is 0 Å². The van der Waals surface area contributed by atoms with Crippen molar-refractivity contribution in [2.24, 2.45) is 0 Å². The zero-order valence-corrected chi connectivity index (χ0v) is 18.3. The van der Waals surface area contributed by atoms with E-state index in [0.717, 1.165) is 36.1 Å². The molecule has 0 saturated heterocycles. The van der Waals surface area contributed by atoms with Crippen LogP contribution in [0.5, 0.6) is 0 Å². The fourth-order valence-electron chi connectivity index (χ4n) is 4.02. The van der Waals surface area contributed by atoms with Gasteiger partial charge in [0.25, 0.3) is 5.91 Å². The lowest BCUT2D eigenvalue weighted by Crippen LogP contribution is -2.32. The molecule has 0 atom stereocenters. The van der Waals surface area contributed by atoms with Crippen molar-refractivity contribution in [2.45, 2.75) is 64.0 Å². The zero-order valence-electron chi connectivity index (χ0n) is 16.8. The summed E-state index contributed by atoms with van der Waals surface area (Å²) in [6.45, 7) is 0.354. The third kappa shape index (κ3) is 4.30. The number of thiophene rings is 1. The Morgan fingerprint density at radius 2 is 1.87 bits per heavy atom. The standard InChI is InChI=1S/C23H24ClN3O2S/c24-17-9-7-15(8-10-17)22-26-25-21(29-22)14-27(18-11-12-18)23(28)20-13-16-5-3-1-2-4-6-19(16)30-20/h7-10,13,18H,1-6,11-12,14H2. The van der Waals surface area contributed by atoms with E-state index in [1.165, 1.54) is 36.1 Å². The van der Waals surface area contributed by atoms with Crippen molar-refractivity contribution in [3.05, 3.63) is 56.6 Å². The molecule has 5 rings (SSSR count). The number of hydrogen-bond acceptors (Lipinski definition) is 5. The highest BCUT2D eigenvalue weighted by atomic mass is 35.5. The normalized spacial score (nSPS) is 16.6. The maximum Gasteiger partial charge on any atom is 0.264 e. The third-order valence-electron chi connectivity index (χ3n) is 5.82. The Kier molecular flexibility index (Phi) is 5.61. The molecule has 1 amide bonds. The number of carbonyl (C=O) groups excluding carboxylic acids is 1. The quantitative estimate of drug-likeness (QED) is 0.493. The molecule has 1 aromatic carbocycles. The number of aromatic nitrogens is 2. The second-order valence-electron chi connectivity index (χ2n) is 8.15. The van der Waals surface area contributed by atoms with E-state index in [1.807, 2.05) is 17.0 Å².